The lowest BCUT2D eigenvalue weighted by molar-refractivity contribution is 0.264. The normalized spacial score (nSPS) is 21.3. The molecule has 1 fully saturated rings. The van der Waals surface area contributed by atoms with Crippen LogP contribution in [0.4, 0.5) is 0 Å². The Morgan fingerprint density at radius 1 is 1.16 bits per heavy atom. The fourth-order valence-corrected chi connectivity index (χ4v) is 3.91. The molecule has 19 heavy (non-hydrogen) atoms. The standard InChI is InChI=1S/C16H28N2Si/c1-17(2)15-10-11-18(13-15)12-14-6-8-16(9-7-14)19(3,4)5/h6-9,15H,10-13H2,1-5H3. The van der Waals surface area contributed by atoms with E-state index in [1.54, 1.807) is 5.19 Å². The first-order valence-electron chi connectivity index (χ1n) is 7.34. The summed E-state index contributed by atoms with van der Waals surface area (Å²) in [5, 5.41) is 1.56. The molecule has 0 radical (unpaired) electrons. The van der Waals surface area contributed by atoms with Crippen LogP contribution in [0.25, 0.3) is 0 Å². The van der Waals surface area contributed by atoms with E-state index in [0.29, 0.717) is 0 Å². The number of nitrogens with zero attached hydrogens (tertiary/aromatic N) is 2. The Kier molecular flexibility index (Phi) is 4.49. The van der Waals surface area contributed by atoms with Crippen LogP contribution < -0.4 is 5.19 Å². The van der Waals surface area contributed by atoms with Gasteiger partial charge in [-0.1, -0.05) is 49.1 Å². The maximum Gasteiger partial charge on any atom is 0.0775 e. The lowest BCUT2D eigenvalue weighted by atomic mass is 10.2. The first-order valence-corrected chi connectivity index (χ1v) is 10.8. The molecule has 2 nitrogen and oxygen atoms in total. The number of rotatable bonds is 4. The molecule has 1 aromatic carbocycles. The molecule has 0 aliphatic carbocycles. The Bertz CT molecular complexity index is 406. The molecule has 3 heteroatoms. The van der Waals surface area contributed by atoms with Gasteiger partial charge in [0.15, 0.2) is 0 Å². The molecule has 1 unspecified atom stereocenters. The molecule has 0 spiro atoms. The van der Waals surface area contributed by atoms with E-state index in [1.165, 1.54) is 25.1 Å². The van der Waals surface area contributed by atoms with Crippen molar-refractivity contribution in [2.75, 3.05) is 27.2 Å². The molecule has 2 rings (SSSR count). The second-order valence-corrected chi connectivity index (χ2v) is 12.2. The van der Waals surface area contributed by atoms with E-state index < -0.39 is 8.07 Å². The molecule has 0 bridgehead atoms. The van der Waals surface area contributed by atoms with Crippen molar-refractivity contribution in [3.8, 4) is 0 Å². The summed E-state index contributed by atoms with van der Waals surface area (Å²) < 4.78 is 0. The third kappa shape index (κ3) is 3.91. The van der Waals surface area contributed by atoms with Gasteiger partial charge in [0.25, 0.3) is 0 Å². The molecule has 106 valence electrons. The van der Waals surface area contributed by atoms with Crippen LogP contribution in [-0.4, -0.2) is 51.1 Å². The summed E-state index contributed by atoms with van der Waals surface area (Å²) in [6.07, 6.45) is 1.31. The highest BCUT2D eigenvalue weighted by atomic mass is 28.3. The van der Waals surface area contributed by atoms with Gasteiger partial charge in [0, 0.05) is 25.7 Å². The Labute approximate surface area is 119 Å². The average Bonchev–Trinajstić information content (AvgIpc) is 2.77. The third-order valence-electron chi connectivity index (χ3n) is 4.20. The summed E-state index contributed by atoms with van der Waals surface area (Å²) in [5.41, 5.74) is 1.46. The summed E-state index contributed by atoms with van der Waals surface area (Å²) >= 11 is 0. The highest BCUT2D eigenvalue weighted by molar-refractivity contribution is 6.88. The van der Waals surface area contributed by atoms with Crippen LogP contribution in [0.2, 0.25) is 19.6 Å². The lowest BCUT2D eigenvalue weighted by Crippen LogP contribution is -2.37. The van der Waals surface area contributed by atoms with E-state index in [9.17, 15) is 0 Å². The third-order valence-corrected chi connectivity index (χ3v) is 6.27. The maximum absolute atomic E-state index is 2.58. The number of benzene rings is 1. The van der Waals surface area contributed by atoms with E-state index in [0.717, 1.165) is 12.6 Å². The van der Waals surface area contributed by atoms with Gasteiger partial charge in [0.2, 0.25) is 0 Å². The van der Waals surface area contributed by atoms with Crippen molar-refractivity contribution in [1.82, 2.24) is 9.80 Å². The summed E-state index contributed by atoms with van der Waals surface area (Å²) in [5.74, 6) is 0. The SMILES string of the molecule is CN(C)C1CCN(Cc2ccc([Si](C)(C)C)cc2)C1. The minimum atomic E-state index is -1.15. The van der Waals surface area contributed by atoms with E-state index >= 15 is 0 Å². The van der Waals surface area contributed by atoms with Crippen LogP contribution in [-0.2, 0) is 6.54 Å². The molecule has 0 aromatic heterocycles. The fraction of sp³-hybridized carbons (Fsp3) is 0.625. The van der Waals surface area contributed by atoms with E-state index in [2.05, 4.69) is 67.8 Å². The van der Waals surface area contributed by atoms with Crippen molar-refractivity contribution in [2.24, 2.45) is 0 Å². The zero-order valence-electron chi connectivity index (χ0n) is 13.1. The number of hydrogen-bond acceptors (Lipinski definition) is 2. The van der Waals surface area contributed by atoms with Gasteiger partial charge < -0.3 is 4.90 Å². The fourth-order valence-electron chi connectivity index (χ4n) is 2.75. The minimum absolute atomic E-state index is 0.737. The Balaban J connectivity index is 1.94. The number of hydrogen-bond donors (Lipinski definition) is 0. The highest BCUT2D eigenvalue weighted by Crippen LogP contribution is 2.16. The summed E-state index contributed by atoms with van der Waals surface area (Å²) in [6, 6.07) is 10.1. The first-order chi connectivity index (χ1) is 8.86. The van der Waals surface area contributed by atoms with E-state index in [4.69, 9.17) is 0 Å². The zero-order valence-corrected chi connectivity index (χ0v) is 14.1. The van der Waals surface area contributed by atoms with Crippen LogP contribution >= 0.6 is 0 Å². The van der Waals surface area contributed by atoms with Gasteiger partial charge >= 0.3 is 0 Å². The molecular weight excluding hydrogens is 248 g/mol. The molecule has 1 aliphatic rings. The summed E-state index contributed by atoms with van der Waals surface area (Å²) in [7, 11) is 3.24. The van der Waals surface area contributed by atoms with Gasteiger partial charge in [-0.25, -0.2) is 0 Å². The predicted octanol–water partition coefficient (Wildman–Crippen LogP) is 2.37. The van der Waals surface area contributed by atoms with Crippen molar-refractivity contribution in [1.29, 1.82) is 0 Å². The smallest absolute Gasteiger partial charge is 0.0775 e. The van der Waals surface area contributed by atoms with Gasteiger partial charge in [0.1, 0.15) is 0 Å². The molecule has 0 N–H and O–H groups in total. The monoisotopic (exact) mass is 276 g/mol. The maximum atomic E-state index is 2.58. The van der Waals surface area contributed by atoms with Gasteiger partial charge in [-0.2, -0.15) is 0 Å². The lowest BCUT2D eigenvalue weighted by Gasteiger charge is -2.21. The van der Waals surface area contributed by atoms with Gasteiger partial charge in [-0.3, -0.25) is 4.90 Å². The van der Waals surface area contributed by atoms with Gasteiger partial charge in [-0.05, 0) is 26.1 Å². The van der Waals surface area contributed by atoms with Crippen LogP contribution in [0.15, 0.2) is 24.3 Å². The minimum Gasteiger partial charge on any atom is -0.305 e. The van der Waals surface area contributed by atoms with Crippen LogP contribution in [0.5, 0.6) is 0 Å². The number of likely N-dealkylation sites (tertiary alicyclic amines) is 1. The molecule has 1 heterocycles. The van der Waals surface area contributed by atoms with E-state index in [1.807, 2.05) is 0 Å². The first kappa shape index (κ1) is 14.8. The Morgan fingerprint density at radius 3 is 2.26 bits per heavy atom. The second kappa shape index (κ2) is 5.78. The van der Waals surface area contributed by atoms with Crippen molar-refractivity contribution >= 4 is 13.3 Å². The van der Waals surface area contributed by atoms with Gasteiger partial charge in [-0.15, -0.1) is 0 Å². The van der Waals surface area contributed by atoms with E-state index in [-0.39, 0.29) is 0 Å². The van der Waals surface area contributed by atoms with Crippen LogP contribution in [0.1, 0.15) is 12.0 Å². The van der Waals surface area contributed by atoms with Crippen molar-refractivity contribution in [3.63, 3.8) is 0 Å². The Hall–Kier alpha value is -0.643. The molecule has 0 amide bonds. The molecule has 1 saturated heterocycles. The van der Waals surface area contributed by atoms with Crippen LogP contribution in [0.3, 0.4) is 0 Å². The topological polar surface area (TPSA) is 6.48 Å². The van der Waals surface area contributed by atoms with Crippen molar-refractivity contribution in [2.45, 2.75) is 38.6 Å². The molecular formula is C16H28N2Si. The molecule has 0 saturated carbocycles. The van der Waals surface area contributed by atoms with Gasteiger partial charge in [0.05, 0.1) is 8.07 Å². The van der Waals surface area contributed by atoms with Crippen LogP contribution in [0, 0.1) is 0 Å². The summed E-state index contributed by atoms with van der Waals surface area (Å²) in [6.45, 7) is 10.8. The predicted molar refractivity (Wildman–Crippen MR) is 86.8 cm³/mol. The highest BCUT2D eigenvalue weighted by Gasteiger charge is 2.23. The van der Waals surface area contributed by atoms with Crippen molar-refractivity contribution in [3.05, 3.63) is 29.8 Å². The van der Waals surface area contributed by atoms with Crippen molar-refractivity contribution < 1.29 is 0 Å². The molecule has 1 aromatic rings. The Morgan fingerprint density at radius 2 is 1.79 bits per heavy atom. The quantitative estimate of drug-likeness (QED) is 0.779. The summed E-state index contributed by atoms with van der Waals surface area (Å²) in [4.78, 5) is 4.93. The molecule has 1 aliphatic heterocycles. The average molecular weight is 277 g/mol. The zero-order chi connectivity index (χ0) is 14.0. The largest absolute Gasteiger partial charge is 0.305 e. The second-order valence-electron chi connectivity index (χ2n) is 7.09. The number of likely N-dealkylation sites (N-methyl/N-ethyl adjacent to an activating group) is 1. The molecule has 1 atom stereocenters.